The number of thioether (sulfide) groups is 1. The molecule has 0 unspecified atom stereocenters. The van der Waals surface area contributed by atoms with Crippen molar-refractivity contribution in [3.05, 3.63) is 103 Å². The zero-order chi connectivity index (χ0) is 25.7. The lowest BCUT2D eigenvalue weighted by atomic mass is 9.86. The minimum atomic E-state index is -0.530. The van der Waals surface area contributed by atoms with Crippen LogP contribution in [0.5, 0.6) is 0 Å². The van der Waals surface area contributed by atoms with E-state index in [0.717, 1.165) is 20.6 Å². The van der Waals surface area contributed by atoms with Crippen LogP contribution in [0.1, 0.15) is 23.3 Å². The normalized spacial score (nSPS) is 15.2. The Balaban J connectivity index is 1.58. The highest BCUT2D eigenvalue weighted by atomic mass is 79.9. The van der Waals surface area contributed by atoms with E-state index in [1.54, 1.807) is 0 Å². The van der Waals surface area contributed by atoms with E-state index in [1.165, 1.54) is 23.1 Å². The first kappa shape index (κ1) is 25.8. The van der Waals surface area contributed by atoms with Gasteiger partial charge in [0.05, 0.1) is 28.3 Å². The van der Waals surface area contributed by atoms with Crippen molar-refractivity contribution in [1.82, 2.24) is 5.32 Å². The third-order valence-corrected chi connectivity index (χ3v) is 8.07. The average Bonchev–Trinajstić information content (AvgIpc) is 3.39. The predicted molar refractivity (Wildman–Crippen MR) is 151 cm³/mol. The van der Waals surface area contributed by atoms with Gasteiger partial charge in [-0.25, -0.2) is 0 Å². The van der Waals surface area contributed by atoms with Crippen LogP contribution in [0, 0.1) is 18.3 Å². The molecule has 0 spiro atoms. The van der Waals surface area contributed by atoms with Crippen molar-refractivity contribution in [2.75, 3.05) is 16.4 Å². The summed E-state index contributed by atoms with van der Waals surface area (Å²) >= 11 is 6.12. The number of anilines is 2. The van der Waals surface area contributed by atoms with Crippen molar-refractivity contribution in [1.29, 1.82) is 5.26 Å². The largest absolute Gasteiger partial charge is 0.353 e. The van der Waals surface area contributed by atoms with E-state index in [4.69, 9.17) is 0 Å². The van der Waals surface area contributed by atoms with Gasteiger partial charge in [0.1, 0.15) is 0 Å². The van der Waals surface area contributed by atoms with E-state index in [1.807, 2.05) is 79.9 Å². The first-order chi connectivity index (χ1) is 17.4. The Kier molecular flexibility index (Phi) is 8.31. The highest BCUT2D eigenvalue weighted by Crippen LogP contribution is 2.42. The molecular formula is C27H23BrN4O2S2. The number of carbonyl (C=O) groups excluding carboxylic acids is 2. The summed E-state index contributed by atoms with van der Waals surface area (Å²) in [7, 11) is 0. The number of allylic oxidation sites excluding steroid dienone is 2. The van der Waals surface area contributed by atoms with Gasteiger partial charge in [0.15, 0.2) is 0 Å². The van der Waals surface area contributed by atoms with Gasteiger partial charge in [0, 0.05) is 32.0 Å². The van der Waals surface area contributed by atoms with Crippen LogP contribution in [0.4, 0.5) is 11.4 Å². The van der Waals surface area contributed by atoms with Crippen LogP contribution in [0.25, 0.3) is 0 Å². The topological polar surface area (TPSA) is 94.0 Å². The first-order valence-electron chi connectivity index (χ1n) is 11.1. The number of hydrogen-bond donors (Lipinski definition) is 3. The smallest absolute Gasteiger partial charge is 0.254 e. The molecule has 0 fully saturated rings. The van der Waals surface area contributed by atoms with Crippen LogP contribution in [0.3, 0.4) is 0 Å². The van der Waals surface area contributed by atoms with Crippen molar-refractivity contribution in [2.45, 2.75) is 19.8 Å². The third-order valence-electron chi connectivity index (χ3n) is 5.59. The molecule has 0 radical (unpaired) electrons. The van der Waals surface area contributed by atoms with Crippen LogP contribution in [-0.2, 0) is 9.59 Å². The number of benzene rings is 2. The van der Waals surface area contributed by atoms with Gasteiger partial charge < -0.3 is 16.0 Å². The second kappa shape index (κ2) is 11.6. The lowest BCUT2D eigenvalue weighted by molar-refractivity contribution is -0.114. The summed E-state index contributed by atoms with van der Waals surface area (Å²) in [5.74, 6) is -0.875. The zero-order valence-corrected chi connectivity index (χ0v) is 22.8. The summed E-state index contributed by atoms with van der Waals surface area (Å²) in [6, 6.07) is 21.0. The Morgan fingerprint density at radius 1 is 1.08 bits per heavy atom. The fourth-order valence-corrected chi connectivity index (χ4v) is 5.84. The lowest BCUT2D eigenvalue weighted by Gasteiger charge is -2.29. The third kappa shape index (κ3) is 5.90. The number of carbonyl (C=O) groups is 2. The molecule has 6 nitrogen and oxygen atoms in total. The molecule has 3 N–H and O–H groups in total. The molecule has 0 saturated heterocycles. The number of thiophene rings is 1. The molecule has 0 bridgehead atoms. The molecule has 2 aromatic carbocycles. The fourth-order valence-electron chi connectivity index (χ4n) is 3.84. The molecule has 36 heavy (non-hydrogen) atoms. The standard InChI is InChI=1S/C27H23BrN4O2S2/c1-16-6-3-4-7-21(16)32-26(34)24-17(2)30-27(20(14-29)25(24)22-8-5-13-35-22)36-15-23(33)31-19-11-9-18(28)10-12-19/h3-13,25,30H,15H2,1-2H3,(H,31,33)(H,32,34)/t25-/m1/s1. The maximum Gasteiger partial charge on any atom is 0.254 e. The maximum absolute atomic E-state index is 13.5. The number of rotatable bonds is 7. The fraction of sp³-hybridized carbons (Fsp3) is 0.148. The van der Waals surface area contributed by atoms with Gasteiger partial charge in [0.25, 0.3) is 5.91 Å². The van der Waals surface area contributed by atoms with Crippen LogP contribution in [0.15, 0.2) is 92.4 Å². The number of halogens is 1. The van der Waals surface area contributed by atoms with E-state index in [-0.39, 0.29) is 17.6 Å². The van der Waals surface area contributed by atoms with Crippen LogP contribution < -0.4 is 16.0 Å². The second-order valence-electron chi connectivity index (χ2n) is 8.08. The number of nitrogens with zero attached hydrogens (tertiary/aromatic N) is 1. The monoisotopic (exact) mass is 578 g/mol. The van der Waals surface area contributed by atoms with E-state index in [2.05, 4.69) is 37.9 Å². The summed E-state index contributed by atoms with van der Waals surface area (Å²) in [6.45, 7) is 3.76. The van der Waals surface area contributed by atoms with Crippen molar-refractivity contribution in [3.63, 3.8) is 0 Å². The molecule has 2 amide bonds. The molecule has 0 saturated carbocycles. The van der Waals surface area contributed by atoms with E-state index in [9.17, 15) is 14.9 Å². The number of dihydropyridines is 1. The van der Waals surface area contributed by atoms with Gasteiger partial charge in [-0.15, -0.1) is 11.3 Å². The summed E-state index contributed by atoms with van der Waals surface area (Å²) in [5.41, 5.74) is 3.91. The number of aryl methyl sites for hydroxylation is 1. The molecule has 0 aliphatic carbocycles. The zero-order valence-electron chi connectivity index (χ0n) is 19.6. The van der Waals surface area contributed by atoms with E-state index < -0.39 is 5.92 Å². The molecular weight excluding hydrogens is 556 g/mol. The van der Waals surface area contributed by atoms with E-state index in [0.29, 0.717) is 27.6 Å². The van der Waals surface area contributed by atoms with Crippen molar-refractivity contribution in [3.8, 4) is 6.07 Å². The van der Waals surface area contributed by atoms with Gasteiger partial charge in [-0.3, -0.25) is 9.59 Å². The Morgan fingerprint density at radius 2 is 1.83 bits per heavy atom. The van der Waals surface area contributed by atoms with Crippen molar-refractivity contribution < 1.29 is 9.59 Å². The summed E-state index contributed by atoms with van der Waals surface area (Å²) < 4.78 is 0.925. The molecule has 182 valence electrons. The van der Waals surface area contributed by atoms with Crippen LogP contribution >= 0.6 is 39.0 Å². The Labute approximate surface area is 226 Å². The highest BCUT2D eigenvalue weighted by Gasteiger charge is 2.35. The average molecular weight is 580 g/mol. The molecule has 9 heteroatoms. The van der Waals surface area contributed by atoms with Crippen LogP contribution in [0.2, 0.25) is 0 Å². The second-order valence-corrected chi connectivity index (χ2v) is 11.0. The molecule has 3 aromatic rings. The molecule has 1 atom stereocenters. The summed E-state index contributed by atoms with van der Waals surface area (Å²) in [5, 5.41) is 21.8. The van der Waals surface area contributed by atoms with Crippen molar-refractivity contribution >= 4 is 62.2 Å². The minimum absolute atomic E-state index is 0.110. The van der Waals surface area contributed by atoms with Crippen LogP contribution in [-0.4, -0.2) is 17.6 Å². The van der Waals surface area contributed by atoms with E-state index >= 15 is 0 Å². The van der Waals surface area contributed by atoms with Gasteiger partial charge in [0.2, 0.25) is 5.91 Å². The quantitative estimate of drug-likeness (QED) is 0.296. The Hall–Kier alpha value is -3.32. The SMILES string of the molecule is CC1=C(C(=O)Nc2ccccc2C)[C@@H](c2cccs2)C(C#N)=C(SCC(=O)Nc2ccc(Br)cc2)N1. The molecule has 2 heterocycles. The first-order valence-corrected chi connectivity index (χ1v) is 13.7. The van der Waals surface area contributed by atoms with Gasteiger partial charge in [-0.1, -0.05) is 52.0 Å². The summed E-state index contributed by atoms with van der Waals surface area (Å²) in [4.78, 5) is 27.0. The Bertz CT molecular complexity index is 1390. The number of hydrogen-bond acceptors (Lipinski definition) is 6. The highest BCUT2D eigenvalue weighted by molar-refractivity contribution is 9.10. The number of para-hydroxylation sites is 1. The molecule has 1 aromatic heterocycles. The molecule has 4 rings (SSSR count). The number of amides is 2. The minimum Gasteiger partial charge on any atom is -0.353 e. The van der Waals surface area contributed by atoms with Gasteiger partial charge >= 0.3 is 0 Å². The number of nitrogens with one attached hydrogen (secondary N) is 3. The van der Waals surface area contributed by atoms with Gasteiger partial charge in [-0.05, 0) is 61.2 Å². The summed E-state index contributed by atoms with van der Waals surface area (Å²) in [6.07, 6.45) is 0. The lowest BCUT2D eigenvalue weighted by Crippen LogP contribution is -2.31. The maximum atomic E-state index is 13.5. The molecule has 1 aliphatic heterocycles. The Morgan fingerprint density at radius 3 is 2.50 bits per heavy atom. The van der Waals surface area contributed by atoms with Crippen molar-refractivity contribution in [2.24, 2.45) is 0 Å². The predicted octanol–water partition coefficient (Wildman–Crippen LogP) is 6.53. The molecule has 1 aliphatic rings. The van der Waals surface area contributed by atoms with Gasteiger partial charge in [-0.2, -0.15) is 5.26 Å². The number of nitriles is 1.